The van der Waals surface area contributed by atoms with Gasteiger partial charge in [0.25, 0.3) is 5.69 Å². The zero-order valence-corrected chi connectivity index (χ0v) is 11.1. The standard InChI is InChI=1S/C7H4ClNO4.K/c8-6-3-4(9(12)13)1-2-5(6)7(10)11;/h1-3H,(H,10,11);. The molecule has 1 rings (SSSR count). The van der Waals surface area contributed by atoms with Crippen molar-refractivity contribution in [2.45, 2.75) is 0 Å². The number of carbonyl (C=O) groups is 1. The summed E-state index contributed by atoms with van der Waals surface area (Å²) in [5.74, 6) is -1.21. The third-order valence-electron chi connectivity index (χ3n) is 1.39. The Labute approximate surface area is 127 Å². The molecule has 0 aliphatic carbocycles. The maximum atomic E-state index is 10.4. The molecule has 0 amide bonds. The van der Waals surface area contributed by atoms with E-state index >= 15 is 0 Å². The Balaban J connectivity index is 0.00000169. The van der Waals surface area contributed by atoms with Crippen molar-refractivity contribution < 1.29 is 14.8 Å². The van der Waals surface area contributed by atoms with Gasteiger partial charge in [-0.15, -0.1) is 0 Å². The first kappa shape index (κ1) is 14.0. The van der Waals surface area contributed by atoms with Gasteiger partial charge >= 0.3 is 5.97 Å². The summed E-state index contributed by atoms with van der Waals surface area (Å²) in [5.41, 5.74) is -0.373. The van der Waals surface area contributed by atoms with Gasteiger partial charge in [0.1, 0.15) is 0 Å². The predicted molar refractivity (Wildman–Crippen MR) is 50.8 cm³/mol. The molecule has 69 valence electrons. The van der Waals surface area contributed by atoms with Gasteiger partial charge in [0.05, 0.1) is 15.5 Å². The topological polar surface area (TPSA) is 80.4 Å². The Morgan fingerprint density at radius 1 is 1.50 bits per heavy atom. The number of nitro benzene ring substituents is 1. The molecule has 0 unspecified atom stereocenters. The third-order valence-corrected chi connectivity index (χ3v) is 1.71. The number of benzene rings is 1. The van der Waals surface area contributed by atoms with E-state index in [1.54, 1.807) is 0 Å². The number of carboxylic acids is 1. The Kier molecular flexibility index (Phi) is 5.80. The van der Waals surface area contributed by atoms with Crippen LogP contribution in [0.2, 0.25) is 5.02 Å². The van der Waals surface area contributed by atoms with E-state index in [9.17, 15) is 14.9 Å². The quantitative estimate of drug-likeness (QED) is 0.483. The van der Waals surface area contributed by atoms with Crippen molar-refractivity contribution in [1.82, 2.24) is 0 Å². The van der Waals surface area contributed by atoms with E-state index in [0.29, 0.717) is 0 Å². The van der Waals surface area contributed by atoms with Crippen molar-refractivity contribution in [2.24, 2.45) is 0 Å². The molecule has 0 aliphatic rings. The molecular formula is C7H4ClKNO4. The van der Waals surface area contributed by atoms with Crippen LogP contribution in [0, 0.1) is 10.1 Å². The molecule has 0 atom stereocenters. The molecule has 1 N–H and O–H groups in total. The zero-order chi connectivity index (χ0) is 10.0. The first-order chi connectivity index (χ1) is 6.02. The number of aromatic carboxylic acids is 1. The van der Waals surface area contributed by atoms with Crippen molar-refractivity contribution in [3.63, 3.8) is 0 Å². The summed E-state index contributed by atoms with van der Waals surface area (Å²) in [4.78, 5) is 20.0. The number of rotatable bonds is 2. The number of nitrogens with zero attached hydrogens (tertiary/aromatic N) is 1. The van der Waals surface area contributed by atoms with E-state index in [1.165, 1.54) is 0 Å². The molecule has 0 spiro atoms. The van der Waals surface area contributed by atoms with Gasteiger partial charge in [-0.2, -0.15) is 0 Å². The molecule has 7 heteroatoms. The average molecular weight is 241 g/mol. The average Bonchev–Trinajstić information content (AvgIpc) is 2.03. The fourth-order valence-corrected chi connectivity index (χ4v) is 1.05. The Morgan fingerprint density at radius 3 is 2.43 bits per heavy atom. The first-order valence-electron chi connectivity index (χ1n) is 3.19. The molecule has 0 saturated carbocycles. The van der Waals surface area contributed by atoms with Crippen LogP contribution in [-0.4, -0.2) is 67.4 Å². The third kappa shape index (κ3) is 3.30. The maximum absolute atomic E-state index is 10.4. The minimum atomic E-state index is -1.21. The second-order valence-electron chi connectivity index (χ2n) is 2.23. The minimum Gasteiger partial charge on any atom is -0.478 e. The molecule has 0 bridgehead atoms. The second-order valence-corrected chi connectivity index (χ2v) is 2.63. The largest absolute Gasteiger partial charge is 0.478 e. The molecular weight excluding hydrogens is 237 g/mol. The number of non-ortho nitro benzene ring substituents is 1. The van der Waals surface area contributed by atoms with Crippen LogP contribution < -0.4 is 0 Å². The second kappa shape index (κ2) is 5.79. The number of hydrogen-bond acceptors (Lipinski definition) is 3. The molecule has 0 heterocycles. The maximum Gasteiger partial charge on any atom is 0.337 e. The van der Waals surface area contributed by atoms with Gasteiger partial charge < -0.3 is 5.11 Å². The summed E-state index contributed by atoms with van der Waals surface area (Å²) in [6.45, 7) is 0. The SMILES string of the molecule is O=C(O)c1ccc([N+](=O)[O-])cc1Cl.[K]. The fraction of sp³-hybridized carbons (Fsp3) is 0. The van der Waals surface area contributed by atoms with E-state index in [-0.39, 0.29) is 67.7 Å². The van der Waals surface area contributed by atoms with E-state index in [4.69, 9.17) is 16.7 Å². The molecule has 0 aromatic heterocycles. The summed E-state index contributed by atoms with van der Waals surface area (Å²) in [6.07, 6.45) is 0. The van der Waals surface area contributed by atoms with E-state index < -0.39 is 10.9 Å². The predicted octanol–water partition coefficient (Wildman–Crippen LogP) is 1.57. The van der Waals surface area contributed by atoms with Gasteiger partial charge in [0, 0.05) is 63.5 Å². The van der Waals surface area contributed by atoms with Crippen LogP contribution in [0.25, 0.3) is 0 Å². The molecule has 14 heavy (non-hydrogen) atoms. The molecule has 0 fully saturated rings. The van der Waals surface area contributed by atoms with Crippen LogP contribution in [0.5, 0.6) is 0 Å². The monoisotopic (exact) mass is 240 g/mol. The summed E-state index contributed by atoms with van der Waals surface area (Å²) in [5, 5.41) is 18.6. The van der Waals surface area contributed by atoms with E-state index in [1.807, 2.05) is 0 Å². The van der Waals surface area contributed by atoms with Gasteiger partial charge in [-0.3, -0.25) is 10.1 Å². The van der Waals surface area contributed by atoms with Gasteiger partial charge in [-0.05, 0) is 6.07 Å². The van der Waals surface area contributed by atoms with Crippen molar-refractivity contribution in [3.8, 4) is 0 Å². The molecule has 5 nitrogen and oxygen atoms in total. The van der Waals surface area contributed by atoms with Crippen LogP contribution in [0.4, 0.5) is 5.69 Å². The van der Waals surface area contributed by atoms with Crippen molar-refractivity contribution in [1.29, 1.82) is 0 Å². The molecule has 1 aromatic carbocycles. The van der Waals surface area contributed by atoms with E-state index in [0.717, 1.165) is 18.2 Å². The Bertz CT molecular complexity index is 382. The number of nitro groups is 1. The van der Waals surface area contributed by atoms with Crippen LogP contribution in [0.1, 0.15) is 10.4 Å². The van der Waals surface area contributed by atoms with E-state index in [2.05, 4.69) is 0 Å². The Morgan fingerprint density at radius 2 is 2.07 bits per heavy atom. The van der Waals surface area contributed by atoms with Crippen LogP contribution >= 0.6 is 11.6 Å². The number of hydrogen-bond donors (Lipinski definition) is 1. The van der Waals surface area contributed by atoms with Crippen molar-refractivity contribution in [2.75, 3.05) is 0 Å². The van der Waals surface area contributed by atoms with Crippen LogP contribution in [0.15, 0.2) is 18.2 Å². The normalized spacial score (nSPS) is 8.93. The fourth-order valence-electron chi connectivity index (χ4n) is 0.791. The van der Waals surface area contributed by atoms with Crippen LogP contribution in [0.3, 0.4) is 0 Å². The molecule has 0 saturated heterocycles. The molecule has 0 aliphatic heterocycles. The van der Waals surface area contributed by atoms with Gasteiger partial charge in [0.15, 0.2) is 0 Å². The van der Waals surface area contributed by atoms with Gasteiger partial charge in [-0.25, -0.2) is 4.79 Å². The first-order valence-corrected chi connectivity index (χ1v) is 3.57. The van der Waals surface area contributed by atoms with Crippen LogP contribution in [-0.2, 0) is 0 Å². The summed E-state index contributed by atoms with van der Waals surface area (Å²) in [7, 11) is 0. The Hall–Kier alpha value is 0.0164. The smallest absolute Gasteiger partial charge is 0.337 e. The molecule has 1 aromatic rings. The minimum absolute atomic E-state index is 0. The number of carboxylic acid groups (broad SMARTS) is 1. The molecule has 1 radical (unpaired) electrons. The summed E-state index contributed by atoms with van der Waals surface area (Å²) >= 11 is 5.48. The summed E-state index contributed by atoms with van der Waals surface area (Å²) in [6, 6.07) is 3.20. The van der Waals surface area contributed by atoms with Crippen molar-refractivity contribution >= 4 is 74.6 Å². The zero-order valence-electron chi connectivity index (χ0n) is 7.23. The number of halogens is 1. The summed E-state index contributed by atoms with van der Waals surface area (Å²) < 4.78 is 0. The van der Waals surface area contributed by atoms with Crippen molar-refractivity contribution in [3.05, 3.63) is 38.9 Å². The van der Waals surface area contributed by atoms with Gasteiger partial charge in [0.2, 0.25) is 0 Å². The van der Waals surface area contributed by atoms with Gasteiger partial charge in [-0.1, -0.05) is 11.6 Å².